The number of rotatable bonds is 23. The molecule has 1 aliphatic heterocycles. The van der Waals surface area contributed by atoms with Gasteiger partial charge in [0.15, 0.2) is 12.2 Å². The maximum Gasteiger partial charge on any atom is 0.257 e. The molecule has 0 bridgehead atoms. The second-order valence-electron chi connectivity index (χ2n) is 18.5. The molecule has 5 rings (SSSR count). The molecular formula is C54H71ClN8O7S. The van der Waals surface area contributed by atoms with E-state index in [0.29, 0.717) is 31.2 Å². The predicted octanol–water partition coefficient (Wildman–Crippen LogP) is 8.99. The number of carbonyl (C=O) groups excluding carboxylic acids is 4. The normalized spacial score (nSPS) is 15.5. The van der Waals surface area contributed by atoms with Gasteiger partial charge in [-0.3, -0.25) is 19.4 Å². The summed E-state index contributed by atoms with van der Waals surface area (Å²) in [7, 11) is 5.81. The maximum atomic E-state index is 13.8. The number of aromatic nitrogens is 2. The average molecular weight is 1010 g/mol. The molecule has 382 valence electrons. The molecule has 2 aliphatic rings. The molecule has 1 fully saturated rings. The van der Waals surface area contributed by atoms with Crippen LogP contribution in [0.25, 0.3) is 16.9 Å². The summed E-state index contributed by atoms with van der Waals surface area (Å²) < 4.78 is 16.4. The van der Waals surface area contributed by atoms with E-state index in [1.54, 1.807) is 24.5 Å². The third-order valence-corrected chi connectivity index (χ3v) is 12.3. The first-order chi connectivity index (χ1) is 33.9. The molecule has 1 aliphatic carbocycles. The van der Waals surface area contributed by atoms with Crippen molar-refractivity contribution in [3.8, 4) is 23.3 Å². The summed E-state index contributed by atoms with van der Waals surface area (Å²) in [5.41, 5.74) is 5.80. The van der Waals surface area contributed by atoms with Gasteiger partial charge < -0.3 is 39.0 Å². The van der Waals surface area contributed by atoms with Crippen LogP contribution in [-0.2, 0) is 30.5 Å². The first-order valence-electron chi connectivity index (χ1n) is 23.6. The van der Waals surface area contributed by atoms with E-state index in [2.05, 4.69) is 44.2 Å². The number of ether oxygens (including phenoxy) is 2. The summed E-state index contributed by atoms with van der Waals surface area (Å²) in [4.78, 5) is 60.9. The maximum absolute atomic E-state index is 13.8. The lowest BCUT2D eigenvalue weighted by Gasteiger charge is -2.40. The molecule has 0 radical (unpaired) electrons. The molecule has 3 aromatic rings. The number of amides is 2. The van der Waals surface area contributed by atoms with E-state index in [1.165, 1.54) is 34.8 Å². The lowest BCUT2D eigenvalue weighted by atomic mass is 9.88. The van der Waals surface area contributed by atoms with Gasteiger partial charge in [0, 0.05) is 48.8 Å². The SMILES string of the molecule is C=C/C=C(\C=C(\Cl)CC#N)N(C=S)C(=O)C(C)(C)N(C)C1=CC=C(c2ccc(OCCCCOCC(=O)NC(C=O)C(C)(C)C)nc2)CC1.CN1CCCC1C=O.CNCc1ccc(-c2cnco2)cc1. The van der Waals surface area contributed by atoms with Gasteiger partial charge in [-0.2, -0.15) is 5.26 Å². The zero-order valence-corrected chi connectivity index (χ0v) is 44.1. The lowest BCUT2D eigenvalue weighted by molar-refractivity contribution is -0.135. The molecule has 2 N–H and O–H groups in total. The summed E-state index contributed by atoms with van der Waals surface area (Å²) in [6, 6.07) is 13.7. The lowest BCUT2D eigenvalue weighted by Crippen LogP contribution is -2.53. The fourth-order valence-electron chi connectivity index (χ4n) is 7.21. The Labute approximate surface area is 430 Å². The number of thiocarbonyl (C=S) groups is 1. The van der Waals surface area contributed by atoms with Crippen molar-refractivity contribution in [2.24, 2.45) is 5.41 Å². The van der Waals surface area contributed by atoms with Crippen LogP contribution in [0.2, 0.25) is 0 Å². The molecule has 0 saturated carbocycles. The number of hydrogen-bond acceptors (Lipinski definition) is 14. The van der Waals surface area contributed by atoms with E-state index >= 15 is 0 Å². The third kappa shape index (κ3) is 19.6. The quantitative estimate of drug-likeness (QED) is 0.0397. The predicted molar refractivity (Wildman–Crippen MR) is 284 cm³/mol. The van der Waals surface area contributed by atoms with Crippen LogP contribution in [0, 0.1) is 16.7 Å². The Morgan fingerprint density at radius 3 is 2.31 bits per heavy atom. The number of benzene rings is 1. The first kappa shape index (κ1) is 59.2. The van der Waals surface area contributed by atoms with Crippen molar-refractivity contribution in [2.75, 3.05) is 47.5 Å². The minimum Gasteiger partial charge on any atom is -0.478 e. The smallest absolute Gasteiger partial charge is 0.257 e. The summed E-state index contributed by atoms with van der Waals surface area (Å²) in [6.45, 7) is 15.8. The van der Waals surface area contributed by atoms with Crippen LogP contribution in [0.5, 0.6) is 5.88 Å². The number of hydrogen-bond donors (Lipinski definition) is 2. The molecule has 17 heteroatoms. The summed E-state index contributed by atoms with van der Waals surface area (Å²) in [5.74, 6) is 0.759. The number of pyridine rings is 1. The highest BCUT2D eigenvalue weighted by molar-refractivity contribution is 7.78. The van der Waals surface area contributed by atoms with Crippen molar-refractivity contribution in [3.05, 3.63) is 120 Å². The number of nitrogens with one attached hydrogen (secondary N) is 2. The van der Waals surface area contributed by atoms with Crippen molar-refractivity contribution in [3.63, 3.8) is 0 Å². The fraction of sp³-hybridized carbons (Fsp3) is 0.444. The van der Waals surface area contributed by atoms with Crippen LogP contribution in [0.4, 0.5) is 0 Å². The van der Waals surface area contributed by atoms with E-state index < -0.39 is 11.6 Å². The highest BCUT2D eigenvalue weighted by atomic mass is 35.5. The number of carbonyl (C=O) groups is 4. The van der Waals surface area contributed by atoms with E-state index in [9.17, 15) is 19.2 Å². The van der Waals surface area contributed by atoms with Gasteiger partial charge in [0.1, 0.15) is 24.7 Å². The molecule has 2 aromatic heterocycles. The van der Waals surface area contributed by atoms with Gasteiger partial charge in [0.05, 0.1) is 48.6 Å². The third-order valence-electron chi connectivity index (χ3n) is 11.8. The minimum absolute atomic E-state index is 0.00950. The number of nitrogens with zero attached hydrogens (tertiary/aromatic N) is 6. The van der Waals surface area contributed by atoms with Gasteiger partial charge in [-0.15, -0.1) is 0 Å². The van der Waals surface area contributed by atoms with E-state index in [1.807, 2.05) is 103 Å². The van der Waals surface area contributed by atoms with Crippen molar-refractivity contribution >= 4 is 59.3 Å². The second kappa shape index (κ2) is 30.6. The Hall–Kier alpha value is -6.09. The van der Waals surface area contributed by atoms with E-state index in [-0.39, 0.29) is 41.3 Å². The molecule has 2 amide bonds. The van der Waals surface area contributed by atoms with E-state index in [0.717, 1.165) is 79.5 Å². The number of oxazole rings is 1. The van der Waals surface area contributed by atoms with Gasteiger partial charge in [0.2, 0.25) is 11.8 Å². The molecule has 71 heavy (non-hydrogen) atoms. The van der Waals surface area contributed by atoms with Gasteiger partial charge >= 0.3 is 0 Å². The van der Waals surface area contributed by atoms with Crippen LogP contribution in [0.15, 0.2) is 113 Å². The van der Waals surface area contributed by atoms with Gasteiger partial charge in [-0.25, -0.2) is 9.97 Å². The van der Waals surface area contributed by atoms with Crippen LogP contribution < -0.4 is 15.4 Å². The monoisotopic (exact) mass is 1010 g/mol. The number of aldehydes is 2. The number of likely N-dealkylation sites (N-methyl/N-ethyl adjacent to an activating group) is 2. The Kier molecular flexibility index (Phi) is 25.5. The number of unbranched alkanes of at least 4 members (excludes halogenated alkanes) is 1. The Morgan fingerprint density at radius 1 is 1.07 bits per heavy atom. The summed E-state index contributed by atoms with van der Waals surface area (Å²) in [5, 5.41) is 15.0. The molecule has 0 spiro atoms. The fourth-order valence-corrected chi connectivity index (χ4v) is 7.59. The number of likely N-dealkylation sites (tertiary alicyclic amines) is 1. The van der Waals surface area contributed by atoms with Gasteiger partial charge in [-0.05, 0) is 119 Å². The highest BCUT2D eigenvalue weighted by Gasteiger charge is 2.38. The van der Waals surface area contributed by atoms with Crippen molar-refractivity contribution in [1.82, 2.24) is 35.3 Å². The number of halogens is 1. The molecule has 3 heterocycles. The van der Waals surface area contributed by atoms with Crippen LogP contribution in [-0.4, -0.2) is 120 Å². The van der Waals surface area contributed by atoms with Crippen molar-refractivity contribution in [1.29, 1.82) is 5.26 Å². The summed E-state index contributed by atoms with van der Waals surface area (Å²) >= 11 is 11.4. The molecule has 1 aromatic carbocycles. The Morgan fingerprint density at radius 2 is 1.79 bits per heavy atom. The molecule has 15 nitrogen and oxygen atoms in total. The standard InChI is InChI=1S/C37H48ClN5O5S.C11H12N2O.C6H11NO/c1-8-11-31(22-29(38)18-19-39)43(26-49)35(46)37(5,6)42(7)30-15-12-27(13-16-30)28-14-17-34(40-23-28)48-21-10-9-20-47-25-33(45)41-32(24-44)36(2,3)4;1-12-6-9-2-4-10(5-3-9)11-7-13-8-14-11;1-7-4-2-3-6(7)5-8/h8,11-12,14-15,17,22-24,26,32H,1,9-10,13,16,18,20-21,25H2,2-7H3,(H,41,45);2-5,7-8,12H,6H2,1H3;5-6H,2-4H2,1H3/b29-22+,31-11+;;. The van der Waals surface area contributed by atoms with Crippen LogP contribution >= 0.6 is 23.8 Å². The number of nitriles is 1. The minimum atomic E-state index is -0.962. The average Bonchev–Trinajstić information content (AvgIpc) is 4.06. The van der Waals surface area contributed by atoms with Crippen LogP contribution in [0.1, 0.15) is 90.7 Å². The zero-order chi connectivity index (χ0) is 52.4. The highest BCUT2D eigenvalue weighted by Crippen LogP contribution is 2.32. The second-order valence-corrected chi connectivity index (χ2v) is 19.2. The van der Waals surface area contributed by atoms with Crippen molar-refractivity contribution < 1.29 is 33.1 Å². The Balaban J connectivity index is 0.000000486. The van der Waals surface area contributed by atoms with Crippen molar-refractivity contribution in [2.45, 2.75) is 104 Å². The largest absolute Gasteiger partial charge is 0.478 e. The molecule has 1 saturated heterocycles. The molecule has 2 unspecified atom stereocenters. The van der Waals surface area contributed by atoms with Gasteiger partial charge in [0.25, 0.3) is 5.91 Å². The van der Waals surface area contributed by atoms with E-state index in [4.69, 9.17) is 43.0 Å². The first-order valence-corrected chi connectivity index (χ1v) is 24.5. The molecular weight excluding hydrogens is 940 g/mol. The van der Waals surface area contributed by atoms with Crippen LogP contribution in [0.3, 0.4) is 0 Å². The topological polar surface area (TPSA) is 183 Å². The molecule has 2 atom stereocenters. The van der Waals surface area contributed by atoms with Gasteiger partial charge in [-0.1, -0.05) is 87.6 Å². The number of allylic oxidation sites excluding steroid dienone is 8. The summed E-state index contributed by atoms with van der Waals surface area (Å²) in [6.07, 6.45) is 20.7. The Bertz CT molecular complexity index is 2350. The zero-order valence-electron chi connectivity index (χ0n) is 42.5.